The van der Waals surface area contributed by atoms with E-state index in [2.05, 4.69) is 21.2 Å². The van der Waals surface area contributed by atoms with Crippen LogP contribution in [0.1, 0.15) is 19.8 Å². The fraction of sp³-hybridized carbons (Fsp3) is 0.750. The van der Waals surface area contributed by atoms with E-state index in [1.807, 2.05) is 0 Å². The third-order valence-corrected chi connectivity index (χ3v) is 3.13. The molecule has 0 amide bonds. The highest BCUT2D eigenvalue weighted by molar-refractivity contribution is 7.09. The van der Waals surface area contributed by atoms with Gasteiger partial charge in [-0.2, -0.15) is 4.37 Å². The van der Waals surface area contributed by atoms with Gasteiger partial charge in [-0.25, -0.2) is 4.98 Å². The van der Waals surface area contributed by atoms with Gasteiger partial charge in [-0.15, -0.1) is 0 Å². The Morgan fingerprint density at radius 3 is 2.83 bits per heavy atom. The smallest absolute Gasteiger partial charge is 0.204 e. The largest absolute Gasteiger partial charge is 0.347 e. The monoisotopic (exact) mass is 183 g/mol. The van der Waals surface area contributed by atoms with Crippen molar-refractivity contribution in [1.82, 2.24) is 9.36 Å². The molecule has 1 aliphatic rings. The molecule has 0 N–H and O–H groups in total. The average molecular weight is 183 g/mol. The molecule has 2 heterocycles. The maximum atomic E-state index is 4.20. The molecule has 0 radical (unpaired) electrons. The molecule has 1 aromatic heterocycles. The Morgan fingerprint density at radius 1 is 1.50 bits per heavy atom. The zero-order valence-electron chi connectivity index (χ0n) is 7.23. The minimum absolute atomic E-state index is 0.883. The maximum Gasteiger partial charge on any atom is 0.204 e. The maximum absolute atomic E-state index is 4.20. The van der Waals surface area contributed by atoms with Gasteiger partial charge in [0, 0.05) is 24.6 Å². The van der Waals surface area contributed by atoms with Crippen LogP contribution < -0.4 is 4.90 Å². The molecule has 0 aromatic carbocycles. The van der Waals surface area contributed by atoms with Crippen LogP contribution in [-0.4, -0.2) is 22.4 Å². The Morgan fingerprint density at radius 2 is 2.25 bits per heavy atom. The number of aromatic nitrogens is 2. The van der Waals surface area contributed by atoms with Crippen molar-refractivity contribution in [3.63, 3.8) is 0 Å². The Balaban J connectivity index is 1.99. The summed E-state index contributed by atoms with van der Waals surface area (Å²) in [5.74, 6) is 0.883. The molecule has 0 atom stereocenters. The van der Waals surface area contributed by atoms with Gasteiger partial charge in [0.1, 0.15) is 6.33 Å². The van der Waals surface area contributed by atoms with Crippen LogP contribution >= 0.6 is 11.5 Å². The molecule has 66 valence electrons. The predicted octanol–water partition coefficient (Wildman–Crippen LogP) is 1.77. The molecule has 1 fully saturated rings. The van der Waals surface area contributed by atoms with Gasteiger partial charge in [-0.1, -0.05) is 6.92 Å². The summed E-state index contributed by atoms with van der Waals surface area (Å²) in [7, 11) is 0. The predicted molar refractivity (Wildman–Crippen MR) is 50.5 cm³/mol. The molecule has 3 nitrogen and oxygen atoms in total. The van der Waals surface area contributed by atoms with Gasteiger partial charge in [0.05, 0.1) is 0 Å². The van der Waals surface area contributed by atoms with Crippen molar-refractivity contribution in [2.75, 3.05) is 18.0 Å². The molecular formula is C8H13N3S. The van der Waals surface area contributed by atoms with Crippen LogP contribution in [0.25, 0.3) is 0 Å². The molecule has 0 bridgehead atoms. The van der Waals surface area contributed by atoms with Crippen molar-refractivity contribution in [2.45, 2.75) is 19.8 Å². The number of nitrogens with zero attached hydrogens (tertiary/aromatic N) is 3. The van der Waals surface area contributed by atoms with E-state index in [-0.39, 0.29) is 0 Å². The number of hydrogen-bond donors (Lipinski definition) is 0. The number of piperidine rings is 1. The summed E-state index contributed by atoms with van der Waals surface area (Å²) in [5.41, 5.74) is 0. The van der Waals surface area contributed by atoms with E-state index in [1.54, 1.807) is 6.33 Å². The lowest BCUT2D eigenvalue weighted by Crippen LogP contribution is -2.32. The third kappa shape index (κ3) is 1.58. The summed E-state index contributed by atoms with van der Waals surface area (Å²) in [6, 6.07) is 0. The number of anilines is 1. The van der Waals surface area contributed by atoms with Gasteiger partial charge in [0.2, 0.25) is 5.13 Å². The summed E-state index contributed by atoms with van der Waals surface area (Å²) >= 11 is 1.50. The first-order valence-electron chi connectivity index (χ1n) is 4.38. The van der Waals surface area contributed by atoms with Crippen molar-refractivity contribution in [1.29, 1.82) is 0 Å². The normalized spacial score (nSPS) is 19.9. The highest BCUT2D eigenvalue weighted by atomic mass is 32.1. The lowest BCUT2D eigenvalue weighted by atomic mass is 10.00. The van der Waals surface area contributed by atoms with E-state index >= 15 is 0 Å². The SMILES string of the molecule is CC1CCN(c2ncns2)CC1. The van der Waals surface area contributed by atoms with Crippen molar-refractivity contribution in [2.24, 2.45) is 5.92 Å². The Hall–Kier alpha value is -0.640. The van der Waals surface area contributed by atoms with Gasteiger partial charge in [-0.05, 0) is 18.8 Å². The summed E-state index contributed by atoms with van der Waals surface area (Å²) in [6.45, 7) is 4.62. The van der Waals surface area contributed by atoms with Gasteiger partial charge >= 0.3 is 0 Å². The van der Waals surface area contributed by atoms with Crippen LogP contribution in [0.2, 0.25) is 0 Å². The first-order chi connectivity index (χ1) is 5.86. The van der Waals surface area contributed by atoms with Gasteiger partial charge in [-0.3, -0.25) is 0 Å². The standard InChI is InChI=1S/C8H13N3S/c1-7-2-4-11(5-3-7)8-9-6-10-12-8/h6-7H,2-5H2,1H3. The molecule has 1 aromatic rings. The van der Waals surface area contributed by atoms with E-state index in [9.17, 15) is 0 Å². The number of hydrogen-bond acceptors (Lipinski definition) is 4. The van der Waals surface area contributed by atoms with Crippen LogP contribution in [0.5, 0.6) is 0 Å². The molecule has 0 spiro atoms. The molecule has 12 heavy (non-hydrogen) atoms. The second-order valence-corrected chi connectivity index (χ2v) is 4.15. The lowest BCUT2D eigenvalue weighted by Gasteiger charge is -2.29. The van der Waals surface area contributed by atoms with E-state index in [0.717, 1.165) is 24.1 Å². The Labute approximate surface area is 76.6 Å². The molecule has 2 rings (SSSR count). The quantitative estimate of drug-likeness (QED) is 0.664. The first-order valence-corrected chi connectivity index (χ1v) is 5.15. The van der Waals surface area contributed by atoms with E-state index in [0.29, 0.717) is 0 Å². The third-order valence-electron chi connectivity index (χ3n) is 2.40. The van der Waals surface area contributed by atoms with Gasteiger partial charge in [0.15, 0.2) is 0 Å². The lowest BCUT2D eigenvalue weighted by molar-refractivity contribution is 0.438. The minimum Gasteiger partial charge on any atom is -0.347 e. The van der Waals surface area contributed by atoms with Crippen molar-refractivity contribution < 1.29 is 0 Å². The fourth-order valence-electron chi connectivity index (χ4n) is 1.51. The van der Waals surface area contributed by atoms with Crippen molar-refractivity contribution in [3.8, 4) is 0 Å². The van der Waals surface area contributed by atoms with Crippen LogP contribution in [0, 0.1) is 5.92 Å². The summed E-state index contributed by atoms with van der Waals surface area (Å²) < 4.78 is 4.01. The highest BCUT2D eigenvalue weighted by Gasteiger charge is 2.17. The van der Waals surface area contributed by atoms with Crippen molar-refractivity contribution >= 4 is 16.7 Å². The van der Waals surface area contributed by atoms with E-state index < -0.39 is 0 Å². The molecule has 0 aliphatic carbocycles. The Kier molecular flexibility index (Phi) is 2.26. The highest BCUT2D eigenvalue weighted by Crippen LogP contribution is 2.22. The van der Waals surface area contributed by atoms with Crippen LogP contribution in [0.15, 0.2) is 6.33 Å². The molecule has 1 saturated heterocycles. The average Bonchev–Trinajstić information content (AvgIpc) is 2.58. The molecule has 0 saturated carbocycles. The number of rotatable bonds is 1. The summed E-state index contributed by atoms with van der Waals surface area (Å²) in [4.78, 5) is 6.53. The molecule has 0 unspecified atom stereocenters. The van der Waals surface area contributed by atoms with Gasteiger partial charge in [0.25, 0.3) is 0 Å². The topological polar surface area (TPSA) is 29.0 Å². The zero-order valence-corrected chi connectivity index (χ0v) is 8.05. The second-order valence-electron chi connectivity index (χ2n) is 3.39. The van der Waals surface area contributed by atoms with Crippen LogP contribution in [0.4, 0.5) is 5.13 Å². The molecular weight excluding hydrogens is 170 g/mol. The van der Waals surface area contributed by atoms with E-state index in [1.165, 1.54) is 24.4 Å². The minimum atomic E-state index is 0.883. The second kappa shape index (κ2) is 3.39. The van der Waals surface area contributed by atoms with Gasteiger partial charge < -0.3 is 4.90 Å². The Bertz CT molecular complexity index is 226. The van der Waals surface area contributed by atoms with Crippen LogP contribution in [0.3, 0.4) is 0 Å². The molecule has 1 aliphatic heterocycles. The first kappa shape index (κ1) is 7.98. The fourth-order valence-corrected chi connectivity index (χ4v) is 2.09. The zero-order chi connectivity index (χ0) is 8.39. The molecule has 4 heteroatoms. The summed E-state index contributed by atoms with van der Waals surface area (Å²) in [6.07, 6.45) is 4.22. The summed E-state index contributed by atoms with van der Waals surface area (Å²) in [5, 5.41) is 1.09. The van der Waals surface area contributed by atoms with Crippen molar-refractivity contribution in [3.05, 3.63) is 6.33 Å². The van der Waals surface area contributed by atoms with E-state index in [4.69, 9.17) is 0 Å². The van der Waals surface area contributed by atoms with Crippen LogP contribution in [-0.2, 0) is 0 Å².